The van der Waals surface area contributed by atoms with Crippen molar-refractivity contribution in [3.8, 4) is 0 Å². The number of rotatable bonds is 5. The van der Waals surface area contributed by atoms with E-state index in [0.29, 0.717) is 10.7 Å². The summed E-state index contributed by atoms with van der Waals surface area (Å²) in [6.45, 7) is 1.70. The maximum Gasteiger partial charge on any atom is 0.246 e. The summed E-state index contributed by atoms with van der Waals surface area (Å²) in [6.07, 6.45) is 0. The van der Waals surface area contributed by atoms with Gasteiger partial charge in [0.2, 0.25) is 15.9 Å². The Morgan fingerprint density at radius 1 is 1.13 bits per heavy atom. The molecule has 0 spiro atoms. The van der Waals surface area contributed by atoms with Crippen LogP contribution < -0.4 is 15.8 Å². The zero-order valence-corrected chi connectivity index (χ0v) is 13.9. The zero-order chi connectivity index (χ0) is 17.0. The predicted octanol–water partition coefficient (Wildman–Crippen LogP) is 2.43. The summed E-state index contributed by atoms with van der Waals surface area (Å²) in [5.41, 5.74) is 1.20. The summed E-state index contributed by atoms with van der Waals surface area (Å²) in [7, 11) is -3.75. The Balaban J connectivity index is 2.01. The topological polar surface area (TPSA) is 101 Å². The van der Waals surface area contributed by atoms with E-state index in [1.807, 2.05) is 0 Å². The summed E-state index contributed by atoms with van der Waals surface area (Å²) >= 11 is 5.89. The number of carbonyl (C=O) groups is 1. The van der Waals surface area contributed by atoms with Gasteiger partial charge in [0, 0.05) is 16.4 Å². The van der Waals surface area contributed by atoms with Crippen molar-refractivity contribution in [3.63, 3.8) is 0 Å². The molecule has 0 aromatic heterocycles. The van der Waals surface area contributed by atoms with Gasteiger partial charge in [0.05, 0.1) is 4.90 Å². The second kappa shape index (κ2) is 6.99. The van der Waals surface area contributed by atoms with E-state index < -0.39 is 16.1 Å². The molecule has 8 heteroatoms. The van der Waals surface area contributed by atoms with Crippen molar-refractivity contribution >= 4 is 38.9 Å². The Bertz CT molecular complexity index is 807. The maximum absolute atomic E-state index is 12.1. The lowest BCUT2D eigenvalue weighted by Gasteiger charge is -2.15. The number of anilines is 2. The van der Waals surface area contributed by atoms with Gasteiger partial charge in [-0.05, 0) is 49.4 Å². The second-order valence-corrected chi connectivity index (χ2v) is 6.93. The molecule has 0 bridgehead atoms. The fourth-order valence-corrected chi connectivity index (χ4v) is 2.58. The number of benzene rings is 2. The lowest BCUT2D eigenvalue weighted by atomic mass is 10.2. The molecule has 0 saturated carbocycles. The molecule has 1 atom stereocenters. The van der Waals surface area contributed by atoms with E-state index in [1.54, 1.807) is 31.2 Å². The van der Waals surface area contributed by atoms with Gasteiger partial charge in [-0.1, -0.05) is 17.7 Å². The Labute approximate surface area is 139 Å². The zero-order valence-electron chi connectivity index (χ0n) is 12.3. The van der Waals surface area contributed by atoms with Crippen molar-refractivity contribution in [1.82, 2.24) is 0 Å². The van der Waals surface area contributed by atoms with Crippen LogP contribution in [0.15, 0.2) is 53.4 Å². The van der Waals surface area contributed by atoms with Crippen LogP contribution >= 0.6 is 11.6 Å². The van der Waals surface area contributed by atoms with Crippen molar-refractivity contribution in [2.24, 2.45) is 5.14 Å². The number of carbonyl (C=O) groups excluding carboxylic acids is 1. The van der Waals surface area contributed by atoms with Gasteiger partial charge >= 0.3 is 0 Å². The first-order chi connectivity index (χ1) is 10.8. The largest absolute Gasteiger partial charge is 0.374 e. The Morgan fingerprint density at radius 2 is 1.78 bits per heavy atom. The molecule has 122 valence electrons. The molecule has 0 aliphatic heterocycles. The maximum atomic E-state index is 12.1. The molecule has 2 aromatic rings. The third-order valence-electron chi connectivity index (χ3n) is 3.05. The smallest absolute Gasteiger partial charge is 0.246 e. The molecule has 0 aliphatic rings. The second-order valence-electron chi connectivity index (χ2n) is 4.94. The first-order valence-corrected chi connectivity index (χ1v) is 8.64. The van der Waals surface area contributed by atoms with Crippen molar-refractivity contribution in [3.05, 3.63) is 53.6 Å². The molecular weight excluding hydrogens is 338 g/mol. The van der Waals surface area contributed by atoms with Gasteiger partial charge in [-0.15, -0.1) is 0 Å². The standard InChI is InChI=1S/C15H16ClN3O3S/c1-10(18-13-4-2-3-11(16)9-13)15(20)19-12-5-7-14(8-6-12)23(17,21)22/h2-10,18H,1H3,(H,19,20)(H2,17,21,22)/t10-/m0/s1. The Morgan fingerprint density at radius 3 is 2.35 bits per heavy atom. The van der Waals surface area contributed by atoms with Crippen LogP contribution in [0.5, 0.6) is 0 Å². The molecule has 4 N–H and O–H groups in total. The summed E-state index contributed by atoms with van der Waals surface area (Å²) in [5.74, 6) is -0.270. The first kappa shape index (κ1) is 17.3. The van der Waals surface area contributed by atoms with Crippen molar-refractivity contribution in [1.29, 1.82) is 0 Å². The number of hydrogen-bond acceptors (Lipinski definition) is 4. The first-order valence-electron chi connectivity index (χ1n) is 6.71. The highest BCUT2D eigenvalue weighted by Crippen LogP contribution is 2.17. The molecule has 0 unspecified atom stereocenters. The summed E-state index contributed by atoms with van der Waals surface area (Å²) in [6, 6.07) is 12.1. The average molecular weight is 354 g/mol. The highest BCUT2D eigenvalue weighted by Gasteiger charge is 2.13. The van der Waals surface area contributed by atoms with E-state index in [4.69, 9.17) is 16.7 Å². The number of nitrogens with one attached hydrogen (secondary N) is 2. The SMILES string of the molecule is C[C@H](Nc1cccc(Cl)c1)C(=O)Nc1ccc(S(N)(=O)=O)cc1. The van der Waals surface area contributed by atoms with Gasteiger partial charge < -0.3 is 10.6 Å². The quantitative estimate of drug-likeness (QED) is 0.768. The third kappa shape index (κ3) is 4.95. The van der Waals surface area contributed by atoms with Crippen LogP contribution in [0.25, 0.3) is 0 Å². The molecule has 0 heterocycles. The Kier molecular flexibility index (Phi) is 5.25. The minimum atomic E-state index is -3.75. The van der Waals surface area contributed by atoms with Crippen LogP contribution in [-0.2, 0) is 14.8 Å². The highest BCUT2D eigenvalue weighted by molar-refractivity contribution is 7.89. The molecule has 0 saturated heterocycles. The van der Waals surface area contributed by atoms with Gasteiger partial charge in [-0.3, -0.25) is 4.79 Å². The fourth-order valence-electron chi connectivity index (χ4n) is 1.87. The van der Waals surface area contributed by atoms with E-state index in [0.717, 1.165) is 5.69 Å². The molecule has 0 fully saturated rings. The molecule has 1 amide bonds. The molecular formula is C15H16ClN3O3S. The van der Waals surface area contributed by atoms with Gasteiger partial charge in [0.15, 0.2) is 0 Å². The van der Waals surface area contributed by atoms with Crippen LogP contribution in [0.3, 0.4) is 0 Å². The average Bonchev–Trinajstić information content (AvgIpc) is 2.46. The molecule has 2 aromatic carbocycles. The lowest BCUT2D eigenvalue weighted by Crippen LogP contribution is -2.31. The number of nitrogens with two attached hydrogens (primary N) is 1. The molecule has 0 radical (unpaired) electrons. The van der Waals surface area contributed by atoms with Crippen LogP contribution in [0, 0.1) is 0 Å². The molecule has 2 rings (SSSR count). The predicted molar refractivity (Wildman–Crippen MR) is 91.0 cm³/mol. The van der Waals surface area contributed by atoms with Crippen molar-refractivity contribution < 1.29 is 13.2 Å². The van der Waals surface area contributed by atoms with E-state index in [2.05, 4.69) is 10.6 Å². The van der Waals surface area contributed by atoms with Crippen LogP contribution in [-0.4, -0.2) is 20.4 Å². The van der Waals surface area contributed by atoms with E-state index in [1.165, 1.54) is 24.3 Å². The summed E-state index contributed by atoms with van der Waals surface area (Å²) < 4.78 is 22.3. The third-order valence-corrected chi connectivity index (χ3v) is 4.22. The monoisotopic (exact) mass is 353 g/mol. The van der Waals surface area contributed by atoms with Crippen LogP contribution in [0.2, 0.25) is 5.02 Å². The molecule has 23 heavy (non-hydrogen) atoms. The minimum absolute atomic E-state index is 0.0133. The number of primary sulfonamides is 1. The Hall–Kier alpha value is -2.09. The van der Waals surface area contributed by atoms with Crippen molar-refractivity contribution in [2.75, 3.05) is 10.6 Å². The number of hydrogen-bond donors (Lipinski definition) is 3. The fraction of sp³-hybridized carbons (Fsp3) is 0.133. The van der Waals surface area contributed by atoms with E-state index in [-0.39, 0.29) is 10.8 Å². The van der Waals surface area contributed by atoms with Gasteiger partial charge in [-0.25, -0.2) is 13.6 Å². The van der Waals surface area contributed by atoms with Crippen LogP contribution in [0.4, 0.5) is 11.4 Å². The van der Waals surface area contributed by atoms with E-state index >= 15 is 0 Å². The molecule has 0 aliphatic carbocycles. The number of halogens is 1. The highest BCUT2D eigenvalue weighted by atomic mass is 35.5. The molecule has 6 nitrogen and oxygen atoms in total. The van der Waals surface area contributed by atoms with Crippen molar-refractivity contribution in [2.45, 2.75) is 17.9 Å². The summed E-state index contributed by atoms with van der Waals surface area (Å²) in [5, 5.41) is 11.3. The van der Waals surface area contributed by atoms with Gasteiger partial charge in [0.1, 0.15) is 6.04 Å². The van der Waals surface area contributed by atoms with E-state index in [9.17, 15) is 13.2 Å². The number of sulfonamides is 1. The van der Waals surface area contributed by atoms with Crippen LogP contribution in [0.1, 0.15) is 6.92 Å². The lowest BCUT2D eigenvalue weighted by molar-refractivity contribution is -0.116. The minimum Gasteiger partial charge on any atom is -0.374 e. The number of amides is 1. The normalized spacial score (nSPS) is 12.5. The summed E-state index contributed by atoms with van der Waals surface area (Å²) in [4.78, 5) is 12.1. The van der Waals surface area contributed by atoms with Gasteiger partial charge in [0.25, 0.3) is 0 Å². The van der Waals surface area contributed by atoms with Gasteiger partial charge in [-0.2, -0.15) is 0 Å².